The van der Waals surface area contributed by atoms with Crippen molar-refractivity contribution >= 4 is 11.8 Å². The van der Waals surface area contributed by atoms with Gasteiger partial charge in [0.25, 0.3) is 0 Å². The highest BCUT2D eigenvalue weighted by molar-refractivity contribution is 5.79. The highest BCUT2D eigenvalue weighted by atomic mass is 16.2. The number of amides is 2. The smallest absolute Gasteiger partial charge is 0.223 e. The summed E-state index contributed by atoms with van der Waals surface area (Å²) in [6, 6.07) is 0. The Morgan fingerprint density at radius 1 is 0.864 bits per heavy atom. The summed E-state index contributed by atoms with van der Waals surface area (Å²) in [5, 5.41) is 0. The maximum Gasteiger partial charge on any atom is 0.223 e. The van der Waals surface area contributed by atoms with Crippen LogP contribution in [-0.4, -0.2) is 47.8 Å². The van der Waals surface area contributed by atoms with Crippen LogP contribution in [0, 0.1) is 11.3 Å². The molecule has 2 aliphatic rings. The van der Waals surface area contributed by atoms with Crippen LogP contribution in [0.5, 0.6) is 0 Å². The Hall–Kier alpha value is -1.06. The van der Waals surface area contributed by atoms with Crippen molar-refractivity contribution in [2.24, 2.45) is 11.3 Å². The maximum absolute atomic E-state index is 12.4. The van der Waals surface area contributed by atoms with Crippen LogP contribution in [-0.2, 0) is 9.59 Å². The summed E-state index contributed by atoms with van der Waals surface area (Å²) < 4.78 is 0. The van der Waals surface area contributed by atoms with Gasteiger partial charge in [-0.25, -0.2) is 0 Å². The van der Waals surface area contributed by atoms with Gasteiger partial charge >= 0.3 is 0 Å². The Bertz CT molecular complexity index is 386. The molecule has 4 heteroatoms. The molecule has 4 nitrogen and oxygen atoms in total. The lowest BCUT2D eigenvalue weighted by Gasteiger charge is -2.36. The molecule has 0 radical (unpaired) electrons. The van der Waals surface area contributed by atoms with E-state index in [-0.39, 0.29) is 11.3 Å². The molecule has 22 heavy (non-hydrogen) atoms. The number of nitrogens with zero attached hydrogens (tertiary/aromatic N) is 2. The van der Waals surface area contributed by atoms with Gasteiger partial charge < -0.3 is 9.80 Å². The Balaban J connectivity index is 1.74. The third-order valence-corrected chi connectivity index (χ3v) is 4.85. The highest BCUT2D eigenvalue weighted by Crippen LogP contribution is 2.27. The van der Waals surface area contributed by atoms with Crippen LogP contribution >= 0.6 is 0 Å². The SMILES string of the molecule is CC(C)(C)CC(=O)N1CCN(C(=O)CC2CCCCC2)CC1. The summed E-state index contributed by atoms with van der Waals surface area (Å²) in [4.78, 5) is 28.5. The topological polar surface area (TPSA) is 40.6 Å². The molecule has 0 N–H and O–H groups in total. The van der Waals surface area contributed by atoms with E-state index in [1.165, 1.54) is 32.1 Å². The van der Waals surface area contributed by atoms with Crippen LogP contribution in [0.2, 0.25) is 0 Å². The van der Waals surface area contributed by atoms with Crippen molar-refractivity contribution in [3.8, 4) is 0 Å². The van der Waals surface area contributed by atoms with Gasteiger partial charge in [-0.1, -0.05) is 40.0 Å². The zero-order chi connectivity index (χ0) is 16.2. The van der Waals surface area contributed by atoms with Crippen molar-refractivity contribution in [1.29, 1.82) is 0 Å². The minimum Gasteiger partial charge on any atom is -0.339 e. The number of hydrogen-bond donors (Lipinski definition) is 0. The van der Waals surface area contributed by atoms with Gasteiger partial charge in [0.05, 0.1) is 0 Å². The first-order valence-electron chi connectivity index (χ1n) is 8.91. The lowest BCUT2D eigenvalue weighted by molar-refractivity contribution is -0.141. The Morgan fingerprint density at radius 3 is 1.86 bits per heavy atom. The molecule has 2 rings (SSSR count). The van der Waals surface area contributed by atoms with Gasteiger partial charge in [-0.05, 0) is 24.2 Å². The van der Waals surface area contributed by atoms with Crippen molar-refractivity contribution in [2.45, 2.75) is 65.7 Å². The van der Waals surface area contributed by atoms with Crippen molar-refractivity contribution in [2.75, 3.05) is 26.2 Å². The minimum absolute atomic E-state index is 0.0328. The third kappa shape index (κ3) is 5.29. The first-order chi connectivity index (χ1) is 10.3. The Labute approximate surface area is 135 Å². The molecular weight excluding hydrogens is 276 g/mol. The van der Waals surface area contributed by atoms with E-state index in [1.807, 2.05) is 9.80 Å². The van der Waals surface area contributed by atoms with Crippen LogP contribution in [0.1, 0.15) is 65.7 Å². The standard InChI is InChI=1S/C18H32N2O2/c1-18(2,3)14-17(22)20-11-9-19(10-12-20)16(21)13-15-7-5-4-6-8-15/h15H,4-14H2,1-3H3. The fourth-order valence-electron chi connectivity index (χ4n) is 3.54. The first-order valence-corrected chi connectivity index (χ1v) is 8.91. The van der Waals surface area contributed by atoms with Gasteiger partial charge in [0.15, 0.2) is 0 Å². The monoisotopic (exact) mass is 308 g/mol. The Morgan fingerprint density at radius 2 is 1.36 bits per heavy atom. The first kappa shape index (κ1) is 17.3. The fraction of sp³-hybridized carbons (Fsp3) is 0.889. The minimum atomic E-state index is 0.0328. The predicted octanol–water partition coefficient (Wildman–Crippen LogP) is 3.06. The zero-order valence-electron chi connectivity index (χ0n) is 14.6. The van der Waals surface area contributed by atoms with E-state index >= 15 is 0 Å². The largest absolute Gasteiger partial charge is 0.339 e. The number of rotatable bonds is 3. The summed E-state index contributed by atoms with van der Waals surface area (Å²) in [6.45, 7) is 9.10. The molecular formula is C18H32N2O2. The van der Waals surface area contributed by atoms with Crippen LogP contribution in [0.15, 0.2) is 0 Å². The average molecular weight is 308 g/mol. The molecule has 1 saturated carbocycles. The van der Waals surface area contributed by atoms with E-state index in [0.29, 0.717) is 44.4 Å². The molecule has 1 heterocycles. The molecule has 1 saturated heterocycles. The van der Waals surface area contributed by atoms with Crippen LogP contribution < -0.4 is 0 Å². The van der Waals surface area contributed by atoms with Crippen molar-refractivity contribution in [3.05, 3.63) is 0 Å². The normalized spacial score (nSPS) is 21.0. The van der Waals surface area contributed by atoms with Crippen LogP contribution in [0.4, 0.5) is 0 Å². The molecule has 2 fully saturated rings. The molecule has 0 bridgehead atoms. The van der Waals surface area contributed by atoms with Crippen molar-refractivity contribution in [1.82, 2.24) is 9.80 Å². The third-order valence-electron chi connectivity index (χ3n) is 4.85. The maximum atomic E-state index is 12.4. The molecule has 1 aliphatic carbocycles. The second-order valence-corrected chi connectivity index (χ2v) is 8.21. The summed E-state index contributed by atoms with van der Waals surface area (Å²) >= 11 is 0. The Kier molecular flexibility index (Phi) is 5.87. The number of carbonyl (C=O) groups excluding carboxylic acids is 2. The van der Waals surface area contributed by atoms with Crippen LogP contribution in [0.3, 0.4) is 0 Å². The predicted molar refractivity (Wildman–Crippen MR) is 88.4 cm³/mol. The quantitative estimate of drug-likeness (QED) is 0.804. The van der Waals surface area contributed by atoms with E-state index in [0.717, 1.165) is 6.42 Å². The lowest BCUT2D eigenvalue weighted by Crippen LogP contribution is -2.51. The van der Waals surface area contributed by atoms with Gasteiger partial charge in [-0.15, -0.1) is 0 Å². The molecule has 0 aromatic heterocycles. The van der Waals surface area contributed by atoms with Gasteiger partial charge in [0, 0.05) is 39.0 Å². The molecule has 0 spiro atoms. The average Bonchev–Trinajstić information content (AvgIpc) is 2.46. The van der Waals surface area contributed by atoms with Crippen molar-refractivity contribution in [3.63, 3.8) is 0 Å². The van der Waals surface area contributed by atoms with E-state index in [9.17, 15) is 9.59 Å². The van der Waals surface area contributed by atoms with E-state index in [1.54, 1.807) is 0 Å². The second-order valence-electron chi connectivity index (χ2n) is 8.21. The van der Waals surface area contributed by atoms with Crippen LogP contribution in [0.25, 0.3) is 0 Å². The summed E-state index contributed by atoms with van der Waals surface area (Å²) in [7, 11) is 0. The van der Waals surface area contributed by atoms with E-state index < -0.39 is 0 Å². The molecule has 2 amide bonds. The lowest BCUT2D eigenvalue weighted by atomic mass is 9.86. The van der Waals surface area contributed by atoms with E-state index in [4.69, 9.17) is 0 Å². The number of carbonyl (C=O) groups is 2. The molecule has 1 aliphatic heterocycles. The van der Waals surface area contributed by atoms with Gasteiger partial charge in [0.2, 0.25) is 11.8 Å². The molecule has 126 valence electrons. The molecule has 0 aromatic carbocycles. The number of piperazine rings is 1. The molecule has 0 atom stereocenters. The van der Waals surface area contributed by atoms with Gasteiger partial charge in [0.1, 0.15) is 0 Å². The summed E-state index contributed by atoms with van der Waals surface area (Å²) in [6.07, 6.45) is 7.64. The second kappa shape index (κ2) is 7.47. The highest BCUT2D eigenvalue weighted by Gasteiger charge is 2.27. The van der Waals surface area contributed by atoms with Gasteiger partial charge in [-0.3, -0.25) is 9.59 Å². The summed E-state index contributed by atoms with van der Waals surface area (Å²) in [5.41, 5.74) is 0.0328. The van der Waals surface area contributed by atoms with Gasteiger partial charge in [-0.2, -0.15) is 0 Å². The summed E-state index contributed by atoms with van der Waals surface area (Å²) in [5.74, 6) is 1.13. The number of hydrogen-bond acceptors (Lipinski definition) is 2. The fourth-order valence-corrected chi connectivity index (χ4v) is 3.54. The molecule has 0 aromatic rings. The zero-order valence-corrected chi connectivity index (χ0v) is 14.6. The van der Waals surface area contributed by atoms with E-state index in [2.05, 4.69) is 20.8 Å². The van der Waals surface area contributed by atoms with Crippen molar-refractivity contribution < 1.29 is 9.59 Å². The molecule has 0 unspecified atom stereocenters.